The van der Waals surface area contributed by atoms with E-state index < -0.39 is 15.9 Å². The Morgan fingerprint density at radius 1 is 1.14 bits per heavy atom. The summed E-state index contributed by atoms with van der Waals surface area (Å²) in [5.74, 6) is 0.0245. The quantitative estimate of drug-likeness (QED) is 0.700. The molecule has 1 amide bonds. The fourth-order valence-corrected chi connectivity index (χ4v) is 5.32. The molecule has 0 bridgehead atoms. The maximum absolute atomic E-state index is 13.1. The largest absolute Gasteiger partial charge is 0.495 e. The minimum atomic E-state index is -3.85. The van der Waals surface area contributed by atoms with Gasteiger partial charge in [-0.3, -0.25) is 4.79 Å². The summed E-state index contributed by atoms with van der Waals surface area (Å²) in [6.45, 7) is 2.05. The van der Waals surface area contributed by atoms with Crippen LogP contribution in [0, 0.1) is 5.92 Å². The number of ether oxygens (including phenoxy) is 1. The molecule has 1 saturated carbocycles. The van der Waals surface area contributed by atoms with E-state index in [1.807, 2.05) is 0 Å². The molecule has 6 nitrogen and oxygen atoms in total. The molecule has 3 rings (SSSR count). The summed E-state index contributed by atoms with van der Waals surface area (Å²) >= 11 is 5.95. The number of hydrogen-bond donors (Lipinski definition) is 2. The third-order valence-electron chi connectivity index (χ3n) is 5.22. The topological polar surface area (TPSA) is 84.5 Å². The van der Waals surface area contributed by atoms with Crippen molar-refractivity contribution in [3.63, 3.8) is 0 Å². The Kier molecular flexibility index (Phi) is 6.82. The van der Waals surface area contributed by atoms with E-state index in [0.717, 1.165) is 25.7 Å². The molecule has 2 N–H and O–H groups in total. The number of carbonyl (C=O) groups is 1. The molecular weight excluding hydrogens is 412 g/mol. The first-order valence-corrected chi connectivity index (χ1v) is 11.4. The molecule has 2 aromatic rings. The zero-order valence-electron chi connectivity index (χ0n) is 16.4. The van der Waals surface area contributed by atoms with Crippen molar-refractivity contribution in [1.29, 1.82) is 0 Å². The van der Waals surface area contributed by atoms with Crippen LogP contribution in [0.5, 0.6) is 5.75 Å². The molecule has 8 heteroatoms. The average molecular weight is 437 g/mol. The lowest BCUT2D eigenvalue weighted by Gasteiger charge is -2.29. The van der Waals surface area contributed by atoms with E-state index in [0.29, 0.717) is 10.7 Å². The third-order valence-corrected chi connectivity index (χ3v) is 6.96. The molecule has 0 radical (unpaired) electrons. The highest BCUT2D eigenvalue weighted by molar-refractivity contribution is 7.89. The maximum atomic E-state index is 13.1. The summed E-state index contributed by atoms with van der Waals surface area (Å²) in [6.07, 6.45) is 3.91. The van der Waals surface area contributed by atoms with Crippen LogP contribution in [0.1, 0.15) is 43.0 Å². The number of halogens is 1. The maximum Gasteiger partial charge on any atom is 0.255 e. The van der Waals surface area contributed by atoms with Gasteiger partial charge in [0.1, 0.15) is 10.6 Å². The SMILES string of the molecule is COc1ccc(C(=O)Nc2cccc(Cl)c2)cc1S(=O)(=O)NC1CCCCC1C. The second-order valence-corrected chi connectivity index (χ2v) is 9.44. The van der Waals surface area contributed by atoms with Gasteiger partial charge in [0.2, 0.25) is 10.0 Å². The summed E-state index contributed by atoms with van der Waals surface area (Å²) in [5.41, 5.74) is 0.736. The first-order valence-electron chi connectivity index (χ1n) is 9.57. The zero-order chi connectivity index (χ0) is 21.0. The molecule has 1 aliphatic rings. The Morgan fingerprint density at radius 3 is 2.59 bits per heavy atom. The van der Waals surface area contributed by atoms with Gasteiger partial charge in [-0.1, -0.05) is 37.4 Å². The number of sulfonamides is 1. The van der Waals surface area contributed by atoms with E-state index in [1.54, 1.807) is 24.3 Å². The highest BCUT2D eigenvalue weighted by Crippen LogP contribution is 2.29. The third kappa shape index (κ3) is 5.29. The van der Waals surface area contributed by atoms with Crippen LogP contribution in [0.3, 0.4) is 0 Å². The fraction of sp³-hybridized carbons (Fsp3) is 0.381. The number of anilines is 1. The lowest BCUT2D eigenvalue weighted by atomic mass is 9.87. The Bertz CT molecular complexity index is 994. The molecule has 0 spiro atoms. The van der Waals surface area contributed by atoms with Gasteiger partial charge < -0.3 is 10.1 Å². The minimum absolute atomic E-state index is 0.0449. The van der Waals surface area contributed by atoms with Crippen molar-refractivity contribution in [3.8, 4) is 5.75 Å². The predicted octanol–water partition coefficient (Wildman–Crippen LogP) is 4.46. The molecule has 29 heavy (non-hydrogen) atoms. The van der Waals surface area contributed by atoms with E-state index in [-0.39, 0.29) is 28.2 Å². The van der Waals surface area contributed by atoms with Crippen LogP contribution in [0.2, 0.25) is 5.02 Å². The van der Waals surface area contributed by atoms with Crippen LogP contribution in [0.25, 0.3) is 0 Å². The van der Waals surface area contributed by atoms with E-state index >= 15 is 0 Å². The van der Waals surface area contributed by atoms with Crippen molar-refractivity contribution >= 4 is 33.2 Å². The molecule has 0 saturated heterocycles. The summed E-state index contributed by atoms with van der Waals surface area (Å²) in [4.78, 5) is 12.6. The molecule has 1 aliphatic carbocycles. The Labute approximate surface area is 176 Å². The standard InChI is InChI=1S/C21H25ClN2O4S/c1-14-6-3-4-9-18(14)24-29(26,27)20-12-15(10-11-19(20)28-2)21(25)23-17-8-5-7-16(22)13-17/h5,7-8,10-14,18,24H,3-4,6,9H2,1-2H3,(H,23,25). The number of nitrogens with one attached hydrogen (secondary N) is 2. The van der Waals surface area contributed by atoms with E-state index in [9.17, 15) is 13.2 Å². The molecule has 2 unspecified atom stereocenters. The average Bonchev–Trinajstić information content (AvgIpc) is 2.69. The predicted molar refractivity (Wildman–Crippen MR) is 114 cm³/mol. The van der Waals surface area contributed by atoms with Crippen LogP contribution in [-0.4, -0.2) is 27.5 Å². The van der Waals surface area contributed by atoms with Crippen molar-refractivity contribution in [2.75, 3.05) is 12.4 Å². The van der Waals surface area contributed by atoms with Crippen molar-refractivity contribution in [2.24, 2.45) is 5.92 Å². The smallest absolute Gasteiger partial charge is 0.255 e. The normalized spacial score (nSPS) is 19.6. The van der Waals surface area contributed by atoms with Gasteiger partial charge in [0.25, 0.3) is 5.91 Å². The molecule has 1 fully saturated rings. The van der Waals surface area contributed by atoms with Crippen LogP contribution >= 0.6 is 11.6 Å². The monoisotopic (exact) mass is 436 g/mol. The Hall–Kier alpha value is -2.09. The number of methoxy groups -OCH3 is 1. The molecule has 0 aromatic heterocycles. The minimum Gasteiger partial charge on any atom is -0.495 e. The van der Waals surface area contributed by atoms with Gasteiger partial charge in [-0.25, -0.2) is 13.1 Å². The number of amides is 1. The fourth-order valence-electron chi connectivity index (χ4n) is 3.55. The van der Waals surface area contributed by atoms with Gasteiger partial charge in [-0.15, -0.1) is 0 Å². The number of hydrogen-bond acceptors (Lipinski definition) is 4. The first-order chi connectivity index (χ1) is 13.8. The molecule has 0 aliphatic heterocycles. The van der Waals surface area contributed by atoms with Crippen LogP contribution in [0.4, 0.5) is 5.69 Å². The molecule has 2 atom stereocenters. The zero-order valence-corrected chi connectivity index (χ0v) is 18.0. The van der Waals surface area contributed by atoms with E-state index in [4.69, 9.17) is 16.3 Å². The van der Waals surface area contributed by atoms with Crippen LogP contribution in [-0.2, 0) is 10.0 Å². The summed E-state index contributed by atoms with van der Waals surface area (Å²) in [5, 5.41) is 3.22. The van der Waals surface area contributed by atoms with Gasteiger partial charge in [-0.05, 0) is 55.2 Å². The van der Waals surface area contributed by atoms with Crippen LogP contribution < -0.4 is 14.8 Å². The Morgan fingerprint density at radius 2 is 1.90 bits per heavy atom. The lowest BCUT2D eigenvalue weighted by molar-refractivity contribution is 0.102. The van der Waals surface area contributed by atoms with Crippen molar-refractivity contribution in [3.05, 3.63) is 53.1 Å². The van der Waals surface area contributed by atoms with Gasteiger partial charge in [0, 0.05) is 22.3 Å². The summed E-state index contributed by atoms with van der Waals surface area (Å²) in [7, 11) is -2.44. The number of rotatable bonds is 6. The molecular formula is C21H25ClN2O4S. The van der Waals surface area contributed by atoms with Crippen molar-refractivity contribution in [2.45, 2.75) is 43.5 Å². The number of benzene rings is 2. The first kappa shape index (κ1) is 21.6. The van der Waals surface area contributed by atoms with Crippen LogP contribution in [0.15, 0.2) is 47.4 Å². The highest BCUT2D eigenvalue weighted by atomic mass is 35.5. The van der Waals surface area contributed by atoms with Gasteiger partial charge >= 0.3 is 0 Å². The summed E-state index contributed by atoms with van der Waals surface area (Å²) < 4.78 is 34.2. The van der Waals surface area contributed by atoms with Gasteiger partial charge in [-0.2, -0.15) is 0 Å². The highest BCUT2D eigenvalue weighted by Gasteiger charge is 2.29. The lowest BCUT2D eigenvalue weighted by Crippen LogP contribution is -2.41. The van der Waals surface area contributed by atoms with E-state index in [2.05, 4.69) is 17.0 Å². The molecule has 2 aromatic carbocycles. The van der Waals surface area contributed by atoms with Gasteiger partial charge in [0.05, 0.1) is 7.11 Å². The van der Waals surface area contributed by atoms with Gasteiger partial charge in [0.15, 0.2) is 0 Å². The van der Waals surface area contributed by atoms with Crippen molar-refractivity contribution in [1.82, 2.24) is 4.72 Å². The number of carbonyl (C=O) groups excluding carboxylic acids is 1. The molecule has 0 heterocycles. The van der Waals surface area contributed by atoms with Crippen molar-refractivity contribution < 1.29 is 17.9 Å². The second kappa shape index (κ2) is 9.15. The second-order valence-electron chi connectivity index (χ2n) is 7.32. The van der Waals surface area contributed by atoms with E-state index in [1.165, 1.54) is 25.3 Å². The summed E-state index contributed by atoms with van der Waals surface area (Å²) in [6, 6.07) is 11.0. The Balaban J connectivity index is 1.87. The molecule has 156 valence electrons.